The predicted molar refractivity (Wildman–Crippen MR) is 82.6 cm³/mol. The standard InChI is InChI=1S/C16H26N2S/c1-3-15(2)13-18(11-14-7-6-10-19-14)16(12-17-15)8-4-5-9-16/h6-7,10,17H,3-5,8-9,11-13H2,1-2H3. The van der Waals surface area contributed by atoms with Crippen LogP contribution in [0, 0.1) is 0 Å². The summed E-state index contributed by atoms with van der Waals surface area (Å²) in [4.78, 5) is 4.32. The molecule has 2 aliphatic rings. The van der Waals surface area contributed by atoms with Gasteiger partial charge < -0.3 is 5.32 Å². The Hall–Kier alpha value is -0.380. The summed E-state index contributed by atoms with van der Waals surface area (Å²) in [6, 6.07) is 4.47. The van der Waals surface area contributed by atoms with Crippen LogP contribution >= 0.6 is 11.3 Å². The Morgan fingerprint density at radius 3 is 2.79 bits per heavy atom. The second kappa shape index (κ2) is 5.19. The van der Waals surface area contributed by atoms with E-state index < -0.39 is 0 Å². The number of rotatable bonds is 3. The molecule has 3 rings (SSSR count). The van der Waals surface area contributed by atoms with E-state index in [-0.39, 0.29) is 0 Å². The van der Waals surface area contributed by atoms with Gasteiger partial charge >= 0.3 is 0 Å². The Bertz CT molecular complexity index is 408. The smallest absolute Gasteiger partial charge is 0.0338 e. The third-order valence-corrected chi connectivity index (χ3v) is 6.16. The van der Waals surface area contributed by atoms with Crippen molar-refractivity contribution in [2.45, 2.75) is 63.6 Å². The molecule has 0 bridgehead atoms. The van der Waals surface area contributed by atoms with Gasteiger partial charge in [-0.25, -0.2) is 0 Å². The van der Waals surface area contributed by atoms with Crippen LogP contribution in [-0.2, 0) is 6.54 Å². The molecule has 1 saturated carbocycles. The minimum absolute atomic E-state index is 0.297. The highest BCUT2D eigenvalue weighted by atomic mass is 32.1. The Labute approximate surface area is 121 Å². The van der Waals surface area contributed by atoms with Gasteiger partial charge in [0.25, 0.3) is 0 Å². The molecule has 1 atom stereocenters. The van der Waals surface area contributed by atoms with Crippen LogP contribution in [0.3, 0.4) is 0 Å². The first-order valence-corrected chi connectivity index (χ1v) is 8.56. The van der Waals surface area contributed by atoms with Crippen LogP contribution in [0.1, 0.15) is 50.8 Å². The SMILES string of the molecule is CCC1(C)CN(Cc2cccs2)C2(CCCC2)CN1. The number of thiophene rings is 1. The van der Waals surface area contributed by atoms with Gasteiger partial charge in [0.15, 0.2) is 0 Å². The van der Waals surface area contributed by atoms with Gasteiger partial charge in [-0.1, -0.05) is 25.8 Å². The van der Waals surface area contributed by atoms with E-state index in [1.165, 1.54) is 50.1 Å². The zero-order valence-electron chi connectivity index (χ0n) is 12.2. The van der Waals surface area contributed by atoms with Crippen molar-refractivity contribution in [1.29, 1.82) is 0 Å². The second-order valence-electron chi connectivity index (χ2n) is 6.63. The molecule has 1 aromatic heterocycles. The molecule has 1 spiro atoms. The van der Waals surface area contributed by atoms with E-state index in [1.54, 1.807) is 0 Å². The summed E-state index contributed by atoms with van der Waals surface area (Å²) in [5, 5.41) is 6.06. The molecular formula is C16H26N2S. The Morgan fingerprint density at radius 1 is 1.37 bits per heavy atom. The molecule has 3 heteroatoms. The Morgan fingerprint density at radius 2 is 2.16 bits per heavy atom. The van der Waals surface area contributed by atoms with E-state index in [9.17, 15) is 0 Å². The Balaban J connectivity index is 1.81. The van der Waals surface area contributed by atoms with Crippen LogP contribution < -0.4 is 5.32 Å². The van der Waals surface area contributed by atoms with E-state index in [4.69, 9.17) is 0 Å². The van der Waals surface area contributed by atoms with Gasteiger partial charge in [-0.3, -0.25) is 4.90 Å². The molecule has 0 aromatic carbocycles. The molecule has 1 aliphatic carbocycles. The predicted octanol–water partition coefficient (Wildman–Crippen LogP) is 3.63. The average Bonchev–Trinajstić information content (AvgIpc) is 3.07. The summed E-state index contributed by atoms with van der Waals surface area (Å²) >= 11 is 1.90. The van der Waals surface area contributed by atoms with E-state index in [2.05, 4.69) is 41.6 Å². The first kappa shape index (κ1) is 13.6. The molecule has 1 unspecified atom stereocenters. The van der Waals surface area contributed by atoms with Crippen molar-refractivity contribution in [3.8, 4) is 0 Å². The highest BCUT2D eigenvalue weighted by Crippen LogP contribution is 2.40. The fraction of sp³-hybridized carbons (Fsp3) is 0.750. The van der Waals surface area contributed by atoms with Gasteiger partial charge in [-0.15, -0.1) is 11.3 Å². The summed E-state index contributed by atoms with van der Waals surface area (Å²) in [5.74, 6) is 0. The quantitative estimate of drug-likeness (QED) is 0.908. The maximum Gasteiger partial charge on any atom is 0.0338 e. The van der Waals surface area contributed by atoms with Crippen molar-refractivity contribution in [3.63, 3.8) is 0 Å². The fourth-order valence-corrected chi connectivity index (χ4v) is 4.43. The van der Waals surface area contributed by atoms with Crippen LogP contribution in [0.4, 0.5) is 0 Å². The maximum atomic E-state index is 3.85. The van der Waals surface area contributed by atoms with Crippen molar-refractivity contribution < 1.29 is 0 Å². The lowest BCUT2D eigenvalue weighted by atomic mass is 9.85. The molecule has 0 radical (unpaired) electrons. The Kier molecular flexibility index (Phi) is 3.71. The molecule has 0 amide bonds. The van der Waals surface area contributed by atoms with Gasteiger partial charge in [0.1, 0.15) is 0 Å². The molecule has 1 aliphatic heterocycles. The van der Waals surface area contributed by atoms with E-state index >= 15 is 0 Å². The van der Waals surface area contributed by atoms with Gasteiger partial charge in [0, 0.05) is 35.6 Å². The monoisotopic (exact) mass is 278 g/mol. The maximum absolute atomic E-state index is 3.85. The number of hydrogen-bond donors (Lipinski definition) is 1. The molecule has 1 saturated heterocycles. The van der Waals surface area contributed by atoms with Gasteiger partial charge in [-0.2, -0.15) is 0 Å². The van der Waals surface area contributed by atoms with Crippen molar-refractivity contribution in [1.82, 2.24) is 10.2 Å². The summed E-state index contributed by atoms with van der Waals surface area (Å²) in [7, 11) is 0. The highest BCUT2D eigenvalue weighted by molar-refractivity contribution is 7.09. The first-order valence-electron chi connectivity index (χ1n) is 7.68. The molecule has 1 aromatic rings. The summed E-state index contributed by atoms with van der Waals surface area (Å²) < 4.78 is 0. The highest BCUT2D eigenvalue weighted by Gasteiger charge is 2.46. The number of nitrogens with one attached hydrogen (secondary N) is 1. The molecular weight excluding hydrogens is 252 g/mol. The van der Waals surface area contributed by atoms with Crippen LogP contribution in [-0.4, -0.2) is 29.1 Å². The van der Waals surface area contributed by atoms with Gasteiger partial charge in [0.05, 0.1) is 0 Å². The average molecular weight is 278 g/mol. The van der Waals surface area contributed by atoms with Crippen LogP contribution in [0.25, 0.3) is 0 Å². The molecule has 106 valence electrons. The summed E-state index contributed by atoms with van der Waals surface area (Å²) in [5.41, 5.74) is 0.740. The van der Waals surface area contributed by atoms with Gasteiger partial charge in [0.2, 0.25) is 0 Å². The number of piperazine rings is 1. The van der Waals surface area contributed by atoms with Crippen molar-refractivity contribution in [3.05, 3.63) is 22.4 Å². The van der Waals surface area contributed by atoms with E-state index in [0.717, 1.165) is 6.54 Å². The molecule has 2 nitrogen and oxygen atoms in total. The third kappa shape index (κ3) is 2.61. The topological polar surface area (TPSA) is 15.3 Å². The van der Waals surface area contributed by atoms with Crippen molar-refractivity contribution >= 4 is 11.3 Å². The van der Waals surface area contributed by atoms with Crippen molar-refractivity contribution in [2.24, 2.45) is 0 Å². The molecule has 19 heavy (non-hydrogen) atoms. The van der Waals surface area contributed by atoms with E-state index in [0.29, 0.717) is 11.1 Å². The largest absolute Gasteiger partial charge is 0.308 e. The minimum atomic E-state index is 0.297. The molecule has 2 fully saturated rings. The lowest BCUT2D eigenvalue weighted by Gasteiger charge is -2.52. The lowest BCUT2D eigenvalue weighted by Crippen LogP contribution is -2.67. The van der Waals surface area contributed by atoms with Crippen LogP contribution in [0.15, 0.2) is 17.5 Å². The first-order chi connectivity index (χ1) is 9.16. The van der Waals surface area contributed by atoms with Crippen molar-refractivity contribution in [2.75, 3.05) is 13.1 Å². The third-order valence-electron chi connectivity index (χ3n) is 5.30. The fourth-order valence-electron chi connectivity index (χ4n) is 3.71. The van der Waals surface area contributed by atoms with E-state index in [1.807, 2.05) is 11.3 Å². The lowest BCUT2D eigenvalue weighted by molar-refractivity contribution is 0.00606. The minimum Gasteiger partial charge on any atom is -0.308 e. The molecule has 1 N–H and O–H groups in total. The summed E-state index contributed by atoms with van der Waals surface area (Å²) in [6.07, 6.45) is 6.79. The number of nitrogens with zero attached hydrogens (tertiary/aromatic N) is 1. The second-order valence-corrected chi connectivity index (χ2v) is 7.67. The zero-order chi connectivity index (χ0) is 13.3. The zero-order valence-corrected chi connectivity index (χ0v) is 13.1. The molecule has 2 heterocycles. The number of hydrogen-bond acceptors (Lipinski definition) is 3. The van der Waals surface area contributed by atoms with Crippen LogP contribution in [0.5, 0.6) is 0 Å². The van der Waals surface area contributed by atoms with Crippen LogP contribution in [0.2, 0.25) is 0 Å². The summed E-state index contributed by atoms with van der Waals surface area (Å²) in [6.45, 7) is 8.22. The normalized spacial score (nSPS) is 31.1. The van der Waals surface area contributed by atoms with Gasteiger partial charge in [-0.05, 0) is 37.6 Å².